The predicted molar refractivity (Wildman–Crippen MR) is 258 cm³/mol. The van der Waals surface area contributed by atoms with Crippen molar-refractivity contribution in [2.75, 3.05) is 33.5 Å². The van der Waals surface area contributed by atoms with Gasteiger partial charge in [-0.15, -0.1) is 6.58 Å². The van der Waals surface area contributed by atoms with Crippen molar-refractivity contribution in [3.05, 3.63) is 71.8 Å². The number of nitrogens with zero attached hydrogens (tertiary/aromatic N) is 2. The van der Waals surface area contributed by atoms with Crippen molar-refractivity contribution in [1.82, 2.24) is 4.90 Å². The Labute approximate surface area is 390 Å². The van der Waals surface area contributed by atoms with Gasteiger partial charge in [-0.3, -0.25) is 9.59 Å². The Balaban J connectivity index is 1.67. The van der Waals surface area contributed by atoms with Crippen LogP contribution in [0.25, 0.3) is 0 Å². The normalized spacial score (nSPS) is 22.9. The summed E-state index contributed by atoms with van der Waals surface area (Å²) in [7, 11) is 1.53. The van der Waals surface area contributed by atoms with Gasteiger partial charge in [0.05, 0.1) is 30.9 Å². The molecule has 0 spiro atoms. The molecule has 11 nitrogen and oxygen atoms in total. The highest BCUT2D eigenvalue weighted by Crippen LogP contribution is 2.62. The van der Waals surface area contributed by atoms with Crippen molar-refractivity contribution in [3.8, 4) is 23.0 Å². The zero-order valence-electron chi connectivity index (χ0n) is 40.5. The van der Waals surface area contributed by atoms with E-state index in [1.165, 1.54) is 45.6 Å². The van der Waals surface area contributed by atoms with Crippen molar-refractivity contribution in [2.24, 2.45) is 22.9 Å². The lowest BCUT2D eigenvalue weighted by molar-refractivity contribution is -0.257. The molecule has 0 aromatic heterocycles. The van der Waals surface area contributed by atoms with Gasteiger partial charge < -0.3 is 38.9 Å². The first-order valence-electron chi connectivity index (χ1n) is 24.9. The lowest BCUT2D eigenvalue weighted by atomic mass is 9.55. The Morgan fingerprint density at radius 2 is 1.58 bits per heavy atom. The summed E-state index contributed by atoms with van der Waals surface area (Å²) in [6.07, 6.45) is 21.7. The summed E-state index contributed by atoms with van der Waals surface area (Å²) in [5, 5.41) is 24.9. The summed E-state index contributed by atoms with van der Waals surface area (Å²) in [6.45, 7) is 15.3. The molecule has 6 atom stereocenters. The molecule has 0 bridgehead atoms. The molecule has 11 heteroatoms. The molecule has 2 N–H and O–H groups in total. The van der Waals surface area contributed by atoms with Gasteiger partial charge in [0.2, 0.25) is 11.7 Å². The zero-order valence-corrected chi connectivity index (χ0v) is 40.5. The van der Waals surface area contributed by atoms with Gasteiger partial charge in [-0.25, -0.2) is 0 Å². The molecule has 2 aromatic rings. The highest BCUT2D eigenvalue weighted by atomic mass is 16.7. The second kappa shape index (κ2) is 25.6. The van der Waals surface area contributed by atoms with E-state index in [1.807, 2.05) is 37.8 Å². The quantitative estimate of drug-likeness (QED) is 0.0354. The molecule has 360 valence electrons. The average molecular weight is 901 g/mol. The van der Waals surface area contributed by atoms with Gasteiger partial charge in [0.25, 0.3) is 0 Å². The number of ether oxygens (including phenoxy) is 4. The Morgan fingerprint density at radius 3 is 2.23 bits per heavy atom. The molecule has 2 aliphatic carbocycles. The molecule has 5 rings (SSSR count). The largest absolute Gasteiger partial charge is 0.496 e. The van der Waals surface area contributed by atoms with E-state index in [9.17, 15) is 19.8 Å². The average Bonchev–Trinajstić information content (AvgIpc) is 3.29. The molecule has 0 radical (unpaired) electrons. The van der Waals surface area contributed by atoms with Crippen molar-refractivity contribution < 1.29 is 43.6 Å². The SMILES string of the molecule is C=CCO[C@@]12Oc3ccc(Oc4ccc(OC)c(C=O)c4)cc3[C@H]3[C@H](CCCCO)[C@@H](CCCCO)C=C(C(=NOC(C)(C)C)C[C@@H]1N(CCC)C(=O)CCCCCCCCCCC)[C@H]32. The van der Waals surface area contributed by atoms with Crippen LogP contribution in [0.1, 0.15) is 172 Å². The fourth-order valence-electron chi connectivity index (χ4n) is 10.3. The molecule has 1 heterocycles. The van der Waals surface area contributed by atoms with Crippen LogP contribution in [0.3, 0.4) is 0 Å². The molecule has 2 aromatic carbocycles. The molecule has 1 fully saturated rings. The van der Waals surface area contributed by atoms with Gasteiger partial charge in [-0.1, -0.05) is 95.4 Å². The number of hydrogen-bond acceptors (Lipinski definition) is 10. The van der Waals surface area contributed by atoms with Crippen LogP contribution in [0.5, 0.6) is 23.0 Å². The van der Waals surface area contributed by atoms with E-state index < -0.39 is 23.3 Å². The molecular weight excluding hydrogens is 821 g/mol. The Bertz CT molecular complexity index is 1890. The monoisotopic (exact) mass is 901 g/mol. The number of aldehydes is 1. The Hall–Kier alpha value is -4.19. The number of carbonyl (C=O) groups excluding carboxylic acids is 2. The number of hydrogen-bond donors (Lipinski definition) is 2. The summed E-state index contributed by atoms with van der Waals surface area (Å²) in [5.41, 5.74) is 2.56. The van der Waals surface area contributed by atoms with E-state index in [-0.39, 0.29) is 43.5 Å². The van der Waals surface area contributed by atoms with Crippen molar-refractivity contribution in [2.45, 2.75) is 174 Å². The van der Waals surface area contributed by atoms with Crippen LogP contribution in [0.15, 0.2) is 65.9 Å². The second-order valence-corrected chi connectivity index (χ2v) is 19.3. The molecule has 1 aliphatic heterocycles. The minimum absolute atomic E-state index is 0.0714. The van der Waals surface area contributed by atoms with Crippen LogP contribution >= 0.6 is 0 Å². The van der Waals surface area contributed by atoms with E-state index in [2.05, 4.69) is 32.6 Å². The first-order chi connectivity index (χ1) is 31.5. The van der Waals surface area contributed by atoms with Crippen molar-refractivity contribution in [3.63, 3.8) is 0 Å². The van der Waals surface area contributed by atoms with Gasteiger partial charge in [0.1, 0.15) is 34.6 Å². The highest BCUT2D eigenvalue weighted by Gasteiger charge is 2.65. The van der Waals surface area contributed by atoms with Crippen LogP contribution < -0.4 is 14.2 Å². The maximum Gasteiger partial charge on any atom is 0.239 e. The molecule has 3 aliphatic rings. The Morgan fingerprint density at radius 1 is 0.908 bits per heavy atom. The molecule has 0 saturated heterocycles. The maximum absolute atomic E-state index is 14.8. The molecule has 1 saturated carbocycles. The lowest BCUT2D eigenvalue weighted by Gasteiger charge is -2.60. The summed E-state index contributed by atoms with van der Waals surface area (Å²) in [6, 6.07) is 10.5. The van der Waals surface area contributed by atoms with E-state index in [0.717, 1.165) is 74.5 Å². The van der Waals surface area contributed by atoms with E-state index in [0.29, 0.717) is 60.8 Å². The summed E-state index contributed by atoms with van der Waals surface area (Å²) < 4.78 is 26.5. The smallest absolute Gasteiger partial charge is 0.239 e. The highest BCUT2D eigenvalue weighted by molar-refractivity contribution is 6.03. The zero-order chi connectivity index (χ0) is 46.8. The third-order valence-electron chi connectivity index (χ3n) is 13.3. The standard InChI is InChI=1S/C54H80N2O9/c1-8-11-12-13-14-15-16-17-18-25-50(60)56(30-9-2)49-37-46(55-65-53(4,5)6)44-35-39(23-19-21-31-57)43(24-20-22-32-58)51-45-36-42(63-41-26-28-47(61-7)40(34-41)38-59)27-29-48(45)64-54(49,52(44)51)62-33-10-3/h10,26-29,34-36,38-39,43,49,51-52,57-58H,3,8-9,11-25,30-33,37H2,1-2,4-7H3/t39-,43+,49-,51+,52+,54+/m0/s1. The number of methoxy groups -OCH3 is 1. The topological polar surface area (TPSA) is 136 Å². The summed E-state index contributed by atoms with van der Waals surface area (Å²) >= 11 is 0. The van der Waals surface area contributed by atoms with Gasteiger partial charge in [0.15, 0.2) is 6.29 Å². The number of allylic oxidation sites excluding steroid dienone is 1. The van der Waals surface area contributed by atoms with Crippen LogP contribution in [-0.4, -0.2) is 83.9 Å². The number of benzene rings is 2. The van der Waals surface area contributed by atoms with Gasteiger partial charge in [-0.05, 0) is 113 Å². The number of fused-ring (bicyclic) bond motifs is 2. The fraction of sp³-hybridized carbons (Fsp3) is 0.648. The maximum atomic E-state index is 14.8. The van der Waals surface area contributed by atoms with Gasteiger partial charge in [-0.2, -0.15) is 0 Å². The van der Waals surface area contributed by atoms with Gasteiger partial charge in [0, 0.05) is 44.1 Å². The van der Waals surface area contributed by atoms with Crippen LogP contribution in [0, 0.1) is 17.8 Å². The minimum atomic E-state index is -1.32. The fourth-order valence-corrected chi connectivity index (χ4v) is 10.3. The van der Waals surface area contributed by atoms with Crippen molar-refractivity contribution in [1.29, 1.82) is 0 Å². The van der Waals surface area contributed by atoms with E-state index >= 15 is 0 Å². The van der Waals surface area contributed by atoms with Crippen LogP contribution in [0.2, 0.25) is 0 Å². The number of unbranched alkanes of at least 4 members (excludes halogenated alkanes) is 10. The molecular formula is C54H80N2O9. The molecule has 65 heavy (non-hydrogen) atoms. The third kappa shape index (κ3) is 13.5. The first-order valence-corrected chi connectivity index (χ1v) is 24.9. The van der Waals surface area contributed by atoms with Crippen LogP contribution in [0.4, 0.5) is 0 Å². The summed E-state index contributed by atoms with van der Waals surface area (Å²) in [5.74, 6) is 0.530. The number of aliphatic hydroxyl groups is 2. The Kier molecular flexibility index (Phi) is 20.4. The van der Waals surface area contributed by atoms with E-state index in [1.54, 1.807) is 24.3 Å². The van der Waals surface area contributed by atoms with Gasteiger partial charge >= 0.3 is 0 Å². The predicted octanol–water partition coefficient (Wildman–Crippen LogP) is 11.9. The number of rotatable bonds is 29. The van der Waals surface area contributed by atoms with E-state index in [4.69, 9.17) is 28.9 Å². The second-order valence-electron chi connectivity index (χ2n) is 19.3. The molecule has 1 amide bonds. The van der Waals surface area contributed by atoms with Crippen molar-refractivity contribution >= 4 is 17.9 Å². The molecule has 0 unspecified atom stereocenters. The number of oxime groups is 1. The third-order valence-corrected chi connectivity index (χ3v) is 13.3. The number of carbonyl (C=O) groups is 2. The number of amides is 1. The summed E-state index contributed by atoms with van der Waals surface area (Å²) in [4.78, 5) is 35.1. The first kappa shape index (κ1) is 51.8. The number of aliphatic hydroxyl groups excluding tert-OH is 2. The lowest BCUT2D eigenvalue weighted by Crippen LogP contribution is -2.70. The minimum Gasteiger partial charge on any atom is -0.496 e. The van der Waals surface area contributed by atoms with Crippen LogP contribution in [-0.2, 0) is 14.4 Å².